The molecule has 2 amide bonds. The second-order valence-electron chi connectivity index (χ2n) is 4.08. The Morgan fingerprint density at radius 3 is 3.06 bits per heavy atom. The van der Waals surface area contributed by atoms with Crippen LogP contribution in [-0.2, 0) is 4.79 Å². The Bertz CT molecular complexity index is 453. The van der Waals surface area contributed by atoms with Crippen molar-refractivity contribution in [2.45, 2.75) is 18.9 Å². The molecule has 1 aromatic rings. The maximum Gasteiger partial charge on any atom is 0.255 e. The van der Waals surface area contributed by atoms with Crippen molar-refractivity contribution >= 4 is 17.5 Å². The van der Waals surface area contributed by atoms with Crippen LogP contribution in [-0.4, -0.2) is 29.4 Å². The van der Waals surface area contributed by atoms with E-state index in [0.717, 1.165) is 0 Å². The first kappa shape index (κ1) is 12.3. The van der Waals surface area contributed by atoms with Gasteiger partial charge in [0.05, 0.1) is 11.3 Å². The predicted molar refractivity (Wildman–Crippen MR) is 65.5 cm³/mol. The van der Waals surface area contributed by atoms with E-state index in [4.69, 9.17) is 5.84 Å². The molecule has 0 bridgehead atoms. The Morgan fingerprint density at radius 2 is 2.39 bits per heavy atom. The Hall–Kier alpha value is -2.15. The fourth-order valence-electron chi connectivity index (χ4n) is 1.82. The molecule has 5 N–H and O–H groups in total. The number of nitrogens with zero attached hydrogens (tertiary/aromatic N) is 1. The van der Waals surface area contributed by atoms with E-state index in [1.54, 1.807) is 12.3 Å². The third kappa shape index (κ3) is 2.75. The van der Waals surface area contributed by atoms with Crippen molar-refractivity contribution in [2.24, 2.45) is 5.84 Å². The minimum Gasteiger partial charge on any atom is -0.354 e. The summed E-state index contributed by atoms with van der Waals surface area (Å²) in [5.41, 5.74) is 3.35. The second kappa shape index (κ2) is 5.46. The molecular weight excluding hydrogens is 234 g/mol. The topological polar surface area (TPSA) is 109 Å². The summed E-state index contributed by atoms with van der Waals surface area (Å²) >= 11 is 0. The van der Waals surface area contributed by atoms with Crippen LogP contribution in [0.5, 0.6) is 0 Å². The highest BCUT2D eigenvalue weighted by Crippen LogP contribution is 2.12. The van der Waals surface area contributed by atoms with Gasteiger partial charge in [-0.05, 0) is 12.5 Å². The molecule has 1 aliphatic rings. The molecule has 7 heteroatoms. The number of hydrogen-bond acceptors (Lipinski definition) is 5. The monoisotopic (exact) mass is 249 g/mol. The van der Waals surface area contributed by atoms with Crippen LogP contribution in [0, 0.1) is 0 Å². The number of amides is 2. The number of carbonyl (C=O) groups excluding carboxylic acids is 2. The molecule has 1 saturated heterocycles. The molecule has 2 rings (SSSR count). The number of carbonyl (C=O) groups is 2. The zero-order valence-electron chi connectivity index (χ0n) is 9.77. The van der Waals surface area contributed by atoms with Crippen LogP contribution >= 0.6 is 0 Å². The Kier molecular flexibility index (Phi) is 3.73. The lowest BCUT2D eigenvalue weighted by Gasteiger charge is -2.23. The summed E-state index contributed by atoms with van der Waals surface area (Å²) in [5.74, 6) is 5.09. The van der Waals surface area contributed by atoms with E-state index in [-0.39, 0.29) is 17.9 Å². The SMILES string of the molecule is NNc1ccncc1C(=O)NC1CCC(=O)NC1. The van der Waals surface area contributed by atoms with Gasteiger partial charge in [-0.2, -0.15) is 0 Å². The number of hydrogen-bond donors (Lipinski definition) is 4. The van der Waals surface area contributed by atoms with Crippen LogP contribution in [0.25, 0.3) is 0 Å². The number of anilines is 1. The van der Waals surface area contributed by atoms with Gasteiger partial charge < -0.3 is 16.1 Å². The maximum absolute atomic E-state index is 12.0. The Morgan fingerprint density at radius 1 is 1.56 bits per heavy atom. The van der Waals surface area contributed by atoms with Crippen LogP contribution in [0.2, 0.25) is 0 Å². The standard InChI is InChI=1S/C11H15N5O2/c12-16-9-3-4-13-6-8(9)11(18)15-7-1-2-10(17)14-5-7/h3-4,6-7H,1-2,5,12H2,(H,13,16)(H,14,17)(H,15,18). The largest absolute Gasteiger partial charge is 0.354 e. The third-order valence-corrected chi connectivity index (χ3v) is 2.82. The number of hydrazine groups is 1. The summed E-state index contributed by atoms with van der Waals surface area (Å²) in [5, 5.41) is 5.55. The predicted octanol–water partition coefficient (Wildman–Crippen LogP) is -0.624. The number of rotatable bonds is 3. The zero-order valence-corrected chi connectivity index (χ0v) is 9.77. The normalized spacial score (nSPS) is 18.9. The van der Waals surface area contributed by atoms with Crippen molar-refractivity contribution < 1.29 is 9.59 Å². The Labute approximate surface area is 104 Å². The molecule has 1 atom stereocenters. The summed E-state index contributed by atoms with van der Waals surface area (Å²) < 4.78 is 0. The number of pyridine rings is 1. The maximum atomic E-state index is 12.0. The summed E-state index contributed by atoms with van der Waals surface area (Å²) in [4.78, 5) is 26.9. The minimum atomic E-state index is -0.253. The second-order valence-corrected chi connectivity index (χ2v) is 4.08. The lowest BCUT2D eigenvalue weighted by molar-refractivity contribution is -0.122. The van der Waals surface area contributed by atoms with Gasteiger partial charge in [-0.25, -0.2) is 0 Å². The Balaban J connectivity index is 2.01. The summed E-state index contributed by atoms with van der Waals surface area (Å²) in [6.45, 7) is 0.455. The molecule has 18 heavy (non-hydrogen) atoms. The molecule has 0 spiro atoms. The van der Waals surface area contributed by atoms with Crippen LogP contribution in [0.3, 0.4) is 0 Å². The average Bonchev–Trinajstić information content (AvgIpc) is 2.41. The molecule has 0 saturated carbocycles. The molecule has 0 aromatic carbocycles. The van der Waals surface area contributed by atoms with Crippen LogP contribution in [0.15, 0.2) is 18.5 Å². The number of nitrogen functional groups attached to an aromatic ring is 1. The van der Waals surface area contributed by atoms with E-state index in [0.29, 0.717) is 30.6 Å². The van der Waals surface area contributed by atoms with Gasteiger partial charge in [0, 0.05) is 31.4 Å². The van der Waals surface area contributed by atoms with Crippen molar-refractivity contribution in [3.8, 4) is 0 Å². The van der Waals surface area contributed by atoms with E-state index < -0.39 is 0 Å². The molecule has 0 aliphatic carbocycles. The highest BCUT2D eigenvalue weighted by molar-refractivity contribution is 5.99. The minimum absolute atomic E-state index is 0.0196. The van der Waals surface area contributed by atoms with Gasteiger partial charge in [0.2, 0.25) is 5.91 Å². The highest BCUT2D eigenvalue weighted by Gasteiger charge is 2.21. The van der Waals surface area contributed by atoms with Crippen molar-refractivity contribution in [3.63, 3.8) is 0 Å². The van der Waals surface area contributed by atoms with Gasteiger partial charge in [-0.15, -0.1) is 0 Å². The molecule has 1 unspecified atom stereocenters. The smallest absolute Gasteiger partial charge is 0.255 e. The van der Waals surface area contributed by atoms with Crippen LogP contribution in [0.4, 0.5) is 5.69 Å². The summed E-state index contributed by atoms with van der Waals surface area (Å²) in [6, 6.07) is 1.57. The van der Waals surface area contributed by atoms with Crippen molar-refractivity contribution in [3.05, 3.63) is 24.0 Å². The number of piperidine rings is 1. The van der Waals surface area contributed by atoms with Gasteiger partial charge in [-0.1, -0.05) is 0 Å². The van der Waals surface area contributed by atoms with Gasteiger partial charge in [0.15, 0.2) is 0 Å². The van der Waals surface area contributed by atoms with Gasteiger partial charge >= 0.3 is 0 Å². The van der Waals surface area contributed by atoms with E-state index in [2.05, 4.69) is 21.0 Å². The fraction of sp³-hybridized carbons (Fsp3) is 0.364. The number of nitrogens with one attached hydrogen (secondary N) is 3. The molecule has 7 nitrogen and oxygen atoms in total. The molecule has 1 aliphatic heterocycles. The van der Waals surface area contributed by atoms with E-state index in [1.807, 2.05) is 0 Å². The summed E-state index contributed by atoms with van der Waals surface area (Å²) in [7, 11) is 0. The van der Waals surface area contributed by atoms with E-state index >= 15 is 0 Å². The molecule has 96 valence electrons. The number of aromatic nitrogens is 1. The van der Waals surface area contributed by atoms with Crippen molar-refractivity contribution in [2.75, 3.05) is 12.0 Å². The van der Waals surface area contributed by atoms with Gasteiger partial charge in [0.1, 0.15) is 0 Å². The lowest BCUT2D eigenvalue weighted by Crippen LogP contribution is -2.47. The third-order valence-electron chi connectivity index (χ3n) is 2.82. The molecule has 1 aromatic heterocycles. The summed E-state index contributed by atoms with van der Waals surface area (Å²) in [6.07, 6.45) is 4.07. The number of nitrogens with two attached hydrogens (primary N) is 1. The molecule has 2 heterocycles. The molecule has 1 fully saturated rings. The van der Waals surface area contributed by atoms with Crippen molar-refractivity contribution in [1.82, 2.24) is 15.6 Å². The highest BCUT2D eigenvalue weighted by atomic mass is 16.2. The van der Waals surface area contributed by atoms with Crippen LogP contribution < -0.4 is 21.9 Å². The zero-order chi connectivity index (χ0) is 13.0. The first-order valence-electron chi connectivity index (χ1n) is 5.69. The lowest BCUT2D eigenvalue weighted by atomic mass is 10.1. The van der Waals surface area contributed by atoms with E-state index in [9.17, 15) is 9.59 Å². The van der Waals surface area contributed by atoms with Crippen LogP contribution in [0.1, 0.15) is 23.2 Å². The fourth-order valence-corrected chi connectivity index (χ4v) is 1.82. The average molecular weight is 249 g/mol. The quantitative estimate of drug-likeness (QED) is 0.421. The van der Waals surface area contributed by atoms with Gasteiger partial charge in [-0.3, -0.25) is 20.4 Å². The van der Waals surface area contributed by atoms with Crippen molar-refractivity contribution in [1.29, 1.82) is 0 Å². The first-order chi connectivity index (χ1) is 8.70. The molecular formula is C11H15N5O2. The van der Waals surface area contributed by atoms with E-state index in [1.165, 1.54) is 6.20 Å². The van der Waals surface area contributed by atoms with Gasteiger partial charge in [0.25, 0.3) is 5.91 Å². The molecule has 0 radical (unpaired) electrons. The first-order valence-corrected chi connectivity index (χ1v) is 5.69.